The summed E-state index contributed by atoms with van der Waals surface area (Å²) >= 11 is 0. The van der Waals surface area contributed by atoms with Crippen LogP contribution in [0.2, 0.25) is 0 Å². The number of fused-ring (bicyclic) bond motifs is 6. The van der Waals surface area contributed by atoms with E-state index in [-0.39, 0.29) is 0 Å². The van der Waals surface area contributed by atoms with Gasteiger partial charge in [0.2, 0.25) is 0 Å². The Kier molecular flexibility index (Phi) is 1.94. The topological polar surface area (TPSA) is 60.1 Å². The molecule has 7 rings (SSSR count). The zero-order valence-corrected chi connectivity index (χ0v) is 13.2. The molecule has 0 aromatic carbocycles. The molecule has 3 nitrogen and oxygen atoms in total. The van der Waals surface area contributed by atoms with E-state index in [0.29, 0.717) is 24.0 Å². The van der Waals surface area contributed by atoms with Gasteiger partial charge in [0.1, 0.15) is 0 Å². The minimum Gasteiger partial charge on any atom is -0.369 e. The van der Waals surface area contributed by atoms with E-state index >= 15 is 0 Å². The lowest BCUT2D eigenvalue weighted by Crippen LogP contribution is -2.27. The molecule has 0 amide bonds. The first-order valence-corrected chi connectivity index (χ1v) is 9.74. The number of ether oxygens (including phenoxy) is 1. The molecule has 1 saturated heterocycles. The van der Waals surface area contributed by atoms with Crippen molar-refractivity contribution in [2.24, 2.45) is 71.0 Å². The highest BCUT2D eigenvalue weighted by atomic mass is 16.6. The van der Waals surface area contributed by atoms with Crippen LogP contribution in [0, 0.1) is 93.7 Å². The third kappa shape index (κ3) is 1.09. The van der Waals surface area contributed by atoms with Crippen LogP contribution in [-0.2, 0) is 4.74 Å². The van der Waals surface area contributed by atoms with E-state index in [2.05, 4.69) is 12.1 Å². The first-order valence-electron chi connectivity index (χ1n) is 9.74. The maximum absolute atomic E-state index is 9.32. The van der Waals surface area contributed by atoms with Crippen LogP contribution >= 0.6 is 0 Å². The molecule has 6 saturated carbocycles. The number of nitrogens with zero attached hydrogens (tertiary/aromatic N) is 2. The van der Waals surface area contributed by atoms with Crippen molar-refractivity contribution in [3.8, 4) is 12.1 Å². The second-order valence-electron chi connectivity index (χ2n) is 9.73. The van der Waals surface area contributed by atoms with Gasteiger partial charge < -0.3 is 4.74 Å². The molecule has 2 unspecified atom stereocenters. The minimum atomic E-state index is 0.545. The van der Waals surface area contributed by atoms with Crippen molar-refractivity contribution < 1.29 is 4.74 Å². The summed E-state index contributed by atoms with van der Waals surface area (Å²) in [4.78, 5) is 0. The van der Waals surface area contributed by atoms with Crippen LogP contribution < -0.4 is 0 Å². The number of hydrogen-bond acceptors (Lipinski definition) is 3. The van der Waals surface area contributed by atoms with Crippen molar-refractivity contribution in [2.45, 2.75) is 37.9 Å². The maximum Gasteiger partial charge on any atom is 0.0878 e. The summed E-state index contributed by atoms with van der Waals surface area (Å²) in [5, 5.41) is 18.6. The molecule has 1 heterocycles. The molecule has 0 bridgehead atoms. The Morgan fingerprint density at radius 1 is 0.652 bits per heavy atom. The first kappa shape index (κ1) is 12.3. The van der Waals surface area contributed by atoms with Gasteiger partial charge in [-0.25, -0.2) is 0 Å². The SMILES string of the molecule is N#CC[C@@H]1C[C@H]2[C@@H]3C[C@H](CC#N)[C@@H]4[C@@H]3C3C5[C@H]([C@H]6O[C@@H]6[C@H]54)[C@@H]1[C@@H]32. The predicted octanol–water partition coefficient (Wildman–Crippen LogP) is 2.84. The third-order valence-corrected chi connectivity index (χ3v) is 9.80. The van der Waals surface area contributed by atoms with Crippen molar-refractivity contribution in [2.75, 3.05) is 0 Å². The van der Waals surface area contributed by atoms with E-state index in [9.17, 15) is 10.5 Å². The Balaban J connectivity index is 1.39. The highest BCUT2D eigenvalue weighted by Gasteiger charge is 2.83. The van der Waals surface area contributed by atoms with E-state index < -0.39 is 0 Å². The van der Waals surface area contributed by atoms with Gasteiger partial charge in [0.25, 0.3) is 0 Å². The van der Waals surface area contributed by atoms with Gasteiger partial charge in [-0.3, -0.25) is 0 Å². The standard InChI is InChI=1S/C20H22N2O/c21-3-1-7-5-9-10-6-8(2-4-22)12-14(10)15-13(9)11(7)17-16(15)18(12)20-19(17)23-20/h7-20H,1-2,5-6H2/t7-,8+,9-,10-,11+,12-,13+,14-,15?,16?,17-,18+,19+,20+/m0/s1. The summed E-state index contributed by atoms with van der Waals surface area (Å²) in [6.07, 6.45) is 5.28. The summed E-state index contributed by atoms with van der Waals surface area (Å²) < 4.78 is 6.21. The van der Waals surface area contributed by atoms with Crippen molar-refractivity contribution in [1.82, 2.24) is 0 Å². The fraction of sp³-hybridized carbons (Fsp3) is 0.900. The lowest BCUT2D eigenvalue weighted by atomic mass is 9.77. The van der Waals surface area contributed by atoms with Crippen LogP contribution in [-0.4, -0.2) is 12.2 Å². The van der Waals surface area contributed by atoms with Gasteiger partial charge in [0.05, 0.1) is 24.3 Å². The molecule has 0 spiro atoms. The summed E-state index contributed by atoms with van der Waals surface area (Å²) in [6.45, 7) is 0. The fourth-order valence-corrected chi connectivity index (χ4v) is 10.0. The van der Waals surface area contributed by atoms with Crippen LogP contribution in [0.4, 0.5) is 0 Å². The lowest BCUT2D eigenvalue weighted by Gasteiger charge is -2.29. The Morgan fingerprint density at radius 2 is 1.13 bits per heavy atom. The average Bonchev–Trinajstić information content (AvgIpc) is 2.95. The Labute approximate surface area is 137 Å². The summed E-state index contributed by atoms with van der Waals surface area (Å²) in [5.41, 5.74) is 0. The predicted molar refractivity (Wildman–Crippen MR) is 80.2 cm³/mol. The highest BCUT2D eigenvalue weighted by Crippen LogP contribution is 2.84. The van der Waals surface area contributed by atoms with E-state index in [1.165, 1.54) is 12.8 Å². The van der Waals surface area contributed by atoms with Crippen LogP contribution in [0.1, 0.15) is 25.7 Å². The highest BCUT2D eigenvalue weighted by molar-refractivity contribution is 5.30. The number of nitriles is 2. The number of epoxide rings is 1. The summed E-state index contributed by atoms with van der Waals surface area (Å²) in [7, 11) is 0. The van der Waals surface area contributed by atoms with Gasteiger partial charge in [0.15, 0.2) is 0 Å². The van der Waals surface area contributed by atoms with Crippen molar-refractivity contribution in [3.63, 3.8) is 0 Å². The van der Waals surface area contributed by atoms with Crippen LogP contribution in [0.25, 0.3) is 0 Å². The number of hydrogen-bond donors (Lipinski definition) is 0. The molecule has 118 valence electrons. The normalized spacial score (nSPS) is 70.3. The molecule has 7 fully saturated rings. The lowest BCUT2D eigenvalue weighted by molar-refractivity contribution is 0.104. The van der Waals surface area contributed by atoms with E-state index in [1.807, 2.05) is 0 Å². The second-order valence-corrected chi connectivity index (χ2v) is 9.73. The molecule has 1 aliphatic heterocycles. The number of rotatable bonds is 2. The molecule has 0 aromatic rings. The summed E-state index contributed by atoms with van der Waals surface area (Å²) in [5.74, 6) is 10.0. The molecular weight excluding hydrogens is 284 g/mol. The molecule has 0 radical (unpaired) electrons. The minimum absolute atomic E-state index is 0.545. The van der Waals surface area contributed by atoms with E-state index in [4.69, 9.17) is 4.74 Å². The van der Waals surface area contributed by atoms with Crippen molar-refractivity contribution in [3.05, 3.63) is 0 Å². The monoisotopic (exact) mass is 306 g/mol. The van der Waals surface area contributed by atoms with Crippen LogP contribution in [0.15, 0.2) is 0 Å². The Bertz CT molecular complexity index is 635. The second kappa shape index (κ2) is 3.62. The van der Waals surface area contributed by atoms with E-state index in [0.717, 1.165) is 72.0 Å². The third-order valence-electron chi connectivity index (χ3n) is 9.80. The van der Waals surface area contributed by atoms with Gasteiger partial charge in [-0.15, -0.1) is 0 Å². The molecule has 14 atom stereocenters. The molecule has 7 aliphatic rings. The maximum atomic E-state index is 9.32. The average molecular weight is 306 g/mol. The molecule has 3 heteroatoms. The molecule has 0 aromatic heterocycles. The Morgan fingerprint density at radius 3 is 1.61 bits per heavy atom. The zero-order valence-electron chi connectivity index (χ0n) is 13.2. The smallest absolute Gasteiger partial charge is 0.0878 e. The zero-order chi connectivity index (χ0) is 15.0. The quantitative estimate of drug-likeness (QED) is 0.737. The fourth-order valence-electron chi connectivity index (χ4n) is 10.0. The van der Waals surface area contributed by atoms with Crippen LogP contribution in [0.5, 0.6) is 0 Å². The molecule has 23 heavy (non-hydrogen) atoms. The first-order chi connectivity index (χ1) is 11.3. The van der Waals surface area contributed by atoms with Crippen molar-refractivity contribution in [1.29, 1.82) is 10.5 Å². The molecule has 6 aliphatic carbocycles. The van der Waals surface area contributed by atoms with Gasteiger partial charge in [-0.2, -0.15) is 10.5 Å². The van der Waals surface area contributed by atoms with E-state index in [1.54, 1.807) is 0 Å². The van der Waals surface area contributed by atoms with Gasteiger partial charge in [0, 0.05) is 12.8 Å². The largest absolute Gasteiger partial charge is 0.369 e. The van der Waals surface area contributed by atoms with Crippen molar-refractivity contribution >= 4 is 0 Å². The van der Waals surface area contributed by atoms with Crippen LogP contribution in [0.3, 0.4) is 0 Å². The summed E-state index contributed by atoms with van der Waals surface area (Å²) in [6, 6.07) is 5.00. The van der Waals surface area contributed by atoms with Gasteiger partial charge in [-0.05, 0) is 83.9 Å². The van der Waals surface area contributed by atoms with Gasteiger partial charge in [-0.1, -0.05) is 0 Å². The molecule has 0 N–H and O–H groups in total. The Hall–Kier alpha value is -1.06. The van der Waals surface area contributed by atoms with Gasteiger partial charge >= 0.3 is 0 Å². The molecular formula is C20H22N2O.